The van der Waals surface area contributed by atoms with Crippen LogP contribution in [-0.4, -0.2) is 40.9 Å². The molecule has 3 atom stereocenters. The lowest BCUT2D eigenvalue weighted by atomic mass is 9.84. The van der Waals surface area contributed by atoms with Gasteiger partial charge in [-0.05, 0) is 18.1 Å². The molecule has 0 amide bonds. The minimum atomic E-state index is -2.05. The molecule has 0 unspecified atom stereocenters. The van der Waals surface area contributed by atoms with Gasteiger partial charge < -0.3 is 9.53 Å². The van der Waals surface area contributed by atoms with Gasteiger partial charge in [-0.1, -0.05) is 127 Å². The van der Waals surface area contributed by atoms with E-state index in [0.717, 1.165) is 5.56 Å². The molecule has 0 aliphatic heterocycles. The zero-order valence-electron chi connectivity index (χ0n) is 23.0. The summed E-state index contributed by atoms with van der Waals surface area (Å²) in [6, 6.07) is 20.9. The van der Waals surface area contributed by atoms with Crippen LogP contribution >= 0.6 is 0 Å². The fraction of sp³-hybridized carbons (Fsp3) is 0.556. The molecule has 2 rings (SSSR count). The predicted octanol–water partition coefficient (Wildman–Crippen LogP) is 7.67. The maximum atomic E-state index is 11.7. The highest BCUT2D eigenvalue weighted by atomic mass is 29.9. The van der Waals surface area contributed by atoms with Crippen LogP contribution in [0.3, 0.4) is 0 Å². The van der Waals surface area contributed by atoms with E-state index in [4.69, 9.17) is 4.43 Å². The van der Waals surface area contributed by atoms with Gasteiger partial charge >= 0.3 is 0 Å². The minimum Gasteiger partial charge on any atom is -0.422 e. The van der Waals surface area contributed by atoms with Gasteiger partial charge in [0.2, 0.25) is 0 Å². The van der Waals surface area contributed by atoms with E-state index >= 15 is 0 Å². The highest BCUT2D eigenvalue weighted by molar-refractivity contribution is 7.87. The third kappa shape index (κ3) is 6.08. The first-order chi connectivity index (χ1) is 14.9. The first-order valence-corrected chi connectivity index (χ1v) is 27.9. The van der Waals surface area contributed by atoms with E-state index in [1.54, 1.807) is 0 Å². The summed E-state index contributed by atoms with van der Waals surface area (Å²) in [4.78, 5) is 0. The van der Waals surface area contributed by atoms with E-state index < -0.39 is 35.2 Å². The van der Waals surface area contributed by atoms with Gasteiger partial charge in [-0.15, -0.1) is 0 Å². The van der Waals surface area contributed by atoms with Crippen molar-refractivity contribution in [3.05, 3.63) is 71.8 Å². The van der Waals surface area contributed by atoms with Crippen molar-refractivity contribution in [1.82, 2.24) is 0 Å². The van der Waals surface area contributed by atoms with E-state index in [1.165, 1.54) is 5.56 Å². The summed E-state index contributed by atoms with van der Waals surface area (Å²) in [6.07, 6.45) is 0.598. The zero-order chi connectivity index (χ0) is 25.3. The van der Waals surface area contributed by atoms with Crippen LogP contribution in [0.25, 0.3) is 0 Å². The van der Waals surface area contributed by atoms with Crippen LogP contribution in [0.5, 0.6) is 0 Å². The Hall–Kier alpha value is -0.772. The molecule has 0 bridgehead atoms. The second-order valence-corrected chi connectivity index (χ2v) is 52.6. The first-order valence-electron chi connectivity index (χ1n) is 12.4. The third-order valence-corrected chi connectivity index (χ3v) is 74.9. The molecule has 0 aliphatic rings. The van der Waals surface area contributed by atoms with Crippen LogP contribution in [0.1, 0.15) is 37.3 Å². The molecular weight excluding hydrogens is 469 g/mol. The van der Waals surface area contributed by atoms with Gasteiger partial charge in [0.05, 0.1) is 34.5 Å². The van der Waals surface area contributed by atoms with Crippen LogP contribution in [0.2, 0.25) is 58.9 Å². The minimum absolute atomic E-state index is 0.0144. The molecule has 0 aromatic heterocycles. The van der Waals surface area contributed by atoms with Crippen molar-refractivity contribution in [2.24, 2.45) is 0 Å². The largest absolute Gasteiger partial charge is 0.422 e. The van der Waals surface area contributed by atoms with E-state index in [1.807, 2.05) is 37.3 Å². The average Bonchev–Trinajstić information content (AvgIpc) is 2.69. The summed E-state index contributed by atoms with van der Waals surface area (Å²) in [5.41, 5.74) is 1.34. The van der Waals surface area contributed by atoms with Gasteiger partial charge in [0, 0.05) is 12.3 Å². The van der Waals surface area contributed by atoms with Crippen molar-refractivity contribution in [2.45, 2.75) is 96.8 Å². The summed E-state index contributed by atoms with van der Waals surface area (Å²) >= 11 is 0. The van der Waals surface area contributed by atoms with Crippen molar-refractivity contribution >= 4 is 29.6 Å². The molecule has 2 aromatic carbocycles. The lowest BCUT2D eigenvalue weighted by Crippen LogP contribution is -2.85. The predicted molar refractivity (Wildman–Crippen MR) is 156 cm³/mol. The molecule has 0 saturated carbocycles. The lowest BCUT2D eigenvalue weighted by Gasteiger charge is -2.58. The quantitative estimate of drug-likeness (QED) is 0.328. The molecule has 184 valence electrons. The molecule has 0 radical (unpaired) electrons. The topological polar surface area (TPSA) is 29.5 Å². The second kappa shape index (κ2) is 10.1. The van der Waals surface area contributed by atoms with Crippen LogP contribution in [0, 0.1) is 0 Å². The van der Waals surface area contributed by atoms with Crippen molar-refractivity contribution in [1.29, 1.82) is 0 Å². The van der Waals surface area contributed by atoms with Crippen molar-refractivity contribution < 1.29 is 9.53 Å². The summed E-state index contributed by atoms with van der Waals surface area (Å²) < 4.78 is 7.77. The van der Waals surface area contributed by atoms with Crippen LogP contribution in [0.15, 0.2) is 60.7 Å². The summed E-state index contributed by atoms with van der Waals surface area (Å²) in [7, 11) is -4.84. The number of benzene rings is 2. The molecule has 33 heavy (non-hydrogen) atoms. The van der Waals surface area contributed by atoms with Crippen LogP contribution in [-0.2, 0) is 10.0 Å². The number of hydrogen-bond acceptors (Lipinski definition) is 2. The van der Waals surface area contributed by atoms with Gasteiger partial charge in [0.1, 0.15) is 0 Å². The third-order valence-electron chi connectivity index (χ3n) is 7.37. The lowest BCUT2D eigenvalue weighted by molar-refractivity contribution is 0.00137. The monoisotopic (exact) mass is 516 g/mol. The smallest absolute Gasteiger partial charge is 0.158 e. The Labute approximate surface area is 207 Å². The maximum Gasteiger partial charge on any atom is 0.158 e. The first kappa shape index (κ1) is 28.5. The normalized spacial score (nSPS) is 17.3. The maximum absolute atomic E-state index is 11.7. The van der Waals surface area contributed by atoms with E-state index in [-0.39, 0.29) is 12.0 Å². The number of rotatable bonds is 10. The van der Waals surface area contributed by atoms with E-state index in [9.17, 15) is 5.11 Å². The average molecular weight is 517 g/mol. The molecule has 2 aromatic rings. The Morgan fingerprint density at radius 3 is 1.52 bits per heavy atom. The molecule has 1 N–H and O–H groups in total. The molecular formula is C27H48O2Si4. The van der Waals surface area contributed by atoms with Crippen molar-refractivity contribution in [2.75, 3.05) is 0 Å². The SMILES string of the molecule is C[C@H](c1ccccc1)[C@@H](C[C@](C)(O)c1ccccc1)O[Si]([Si](C)(C)C)([Si](C)(C)C)[Si](C)(C)C. The summed E-state index contributed by atoms with van der Waals surface area (Å²) in [6.45, 7) is 25.3. The molecule has 6 heteroatoms. The van der Waals surface area contributed by atoms with Crippen LogP contribution in [0.4, 0.5) is 0 Å². The molecule has 0 spiro atoms. The molecule has 0 heterocycles. The van der Waals surface area contributed by atoms with Crippen LogP contribution < -0.4 is 0 Å². The highest BCUT2D eigenvalue weighted by Gasteiger charge is 2.64. The van der Waals surface area contributed by atoms with E-state index in [2.05, 4.69) is 96.2 Å². The fourth-order valence-electron chi connectivity index (χ4n) is 6.73. The molecule has 0 fully saturated rings. The molecule has 2 nitrogen and oxygen atoms in total. The second-order valence-electron chi connectivity index (χ2n) is 13.1. The molecule has 0 aliphatic carbocycles. The summed E-state index contributed by atoms with van der Waals surface area (Å²) in [5, 5.41) is 11.7. The standard InChI is InChI=1S/C27H48O2Si4/c1-23(24-18-14-12-15-19-24)26(22-27(2,28)25-20-16-13-17-21-25)29-33(30(3,4)5,31(6,7)8)32(9,10)11/h12-21,23,26,28H,22H2,1-11H3/t23-,26-,27+/m1/s1. The van der Waals surface area contributed by atoms with Gasteiger partial charge in [-0.25, -0.2) is 0 Å². The van der Waals surface area contributed by atoms with Crippen molar-refractivity contribution in [3.8, 4) is 0 Å². The Morgan fingerprint density at radius 2 is 1.12 bits per heavy atom. The Bertz CT molecular complexity index is 842. The summed E-state index contributed by atoms with van der Waals surface area (Å²) in [5.74, 6) is 0.220. The Balaban J connectivity index is 2.65. The van der Waals surface area contributed by atoms with Crippen molar-refractivity contribution in [3.63, 3.8) is 0 Å². The van der Waals surface area contributed by atoms with E-state index in [0.29, 0.717) is 6.42 Å². The Kier molecular flexibility index (Phi) is 8.69. The zero-order valence-corrected chi connectivity index (χ0v) is 27.0. The van der Waals surface area contributed by atoms with Gasteiger partial charge in [-0.2, -0.15) is 0 Å². The number of aliphatic hydroxyl groups is 1. The van der Waals surface area contributed by atoms with Gasteiger partial charge in [0.15, 0.2) is 6.87 Å². The molecule has 0 saturated heterocycles. The van der Waals surface area contributed by atoms with Gasteiger partial charge in [0.25, 0.3) is 0 Å². The highest BCUT2D eigenvalue weighted by Crippen LogP contribution is 2.43. The van der Waals surface area contributed by atoms with Gasteiger partial charge in [-0.3, -0.25) is 0 Å². The fourth-order valence-corrected chi connectivity index (χ4v) is 101. The number of hydrogen-bond donors (Lipinski definition) is 1. The Morgan fingerprint density at radius 1 is 0.727 bits per heavy atom.